The van der Waals surface area contributed by atoms with E-state index >= 15 is 0 Å². The third-order valence-corrected chi connectivity index (χ3v) is 7.98. The SMILES string of the molecule is CCCCCCCC/C=C\CCCCCCCCNC(=O)c1cc(-c2ccc(Cl)cc2)n(-c2ccc(Cl)cc2Cl)n1. The molecule has 0 atom stereocenters. The Morgan fingerprint density at radius 1 is 0.756 bits per heavy atom. The number of hydrogen-bond donors (Lipinski definition) is 1. The molecular formula is C34H44Cl3N3O. The molecule has 0 saturated carbocycles. The van der Waals surface area contributed by atoms with Crippen LogP contribution in [0.25, 0.3) is 16.9 Å². The van der Waals surface area contributed by atoms with Crippen LogP contribution >= 0.6 is 34.8 Å². The Morgan fingerprint density at radius 3 is 1.98 bits per heavy atom. The van der Waals surface area contributed by atoms with E-state index in [2.05, 4.69) is 29.5 Å². The average Bonchev–Trinajstić information content (AvgIpc) is 3.40. The number of allylic oxidation sites excluding steroid dienone is 2. The van der Waals surface area contributed by atoms with E-state index in [-0.39, 0.29) is 5.91 Å². The molecule has 1 aromatic heterocycles. The summed E-state index contributed by atoms with van der Waals surface area (Å²) >= 11 is 18.7. The van der Waals surface area contributed by atoms with Crippen molar-refractivity contribution in [2.75, 3.05) is 6.54 Å². The molecule has 0 aliphatic rings. The van der Waals surface area contributed by atoms with Gasteiger partial charge in [0.15, 0.2) is 5.69 Å². The van der Waals surface area contributed by atoms with Gasteiger partial charge in [-0.3, -0.25) is 4.79 Å². The molecule has 222 valence electrons. The Morgan fingerprint density at radius 2 is 1.34 bits per heavy atom. The normalized spacial score (nSPS) is 11.4. The minimum atomic E-state index is -0.197. The summed E-state index contributed by atoms with van der Waals surface area (Å²) in [6.45, 7) is 2.90. The molecule has 0 aliphatic heterocycles. The zero-order valence-corrected chi connectivity index (χ0v) is 26.6. The third kappa shape index (κ3) is 11.9. The van der Waals surface area contributed by atoms with Crippen LogP contribution < -0.4 is 5.32 Å². The predicted octanol–water partition coefficient (Wildman–Crippen LogP) is 11.3. The fourth-order valence-electron chi connectivity index (χ4n) is 4.82. The van der Waals surface area contributed by atoms with E-state index in [9.17, 15) is 4.79 Å². The van der Waals surface area contributed by atoms with E-state index in [1.807, 2.05) is 24.3 Å². The number of unbranched alkanes of at least 4 members (excludes halogenated alkanes) is 12. The van der Waals surface area contributed by atoms with Crippen LogP contribution in [0.4, 0.5) is 0 Å². The second-order valence-corrected chi connectivity index (χ2v) is 11.9. The van der Waals surface area contributed by atoms with Crippen molar-refractivity contribution >= 4 is 40.7 Å². The van der Waals surface area contributed by atoms with Crippen LogP contribution in [0.3, 0.4) is 0 Å². The highest BCUT2D eigenvalue weighted by Gasteiger charge is 2.18. The smallest absolute Gasteiger partial charge is 0.271 e. The Kier molecular flexibility index (Phi) is 15.4. The van der Waals surface area contributed by atoms with Crippen LogP contribution in [0.2, 0.25) is 15.1 Å². The Hall–Kier alpha value is -2.27. The van der Waals surface area contributed by atoms with Gasteiger partial charge in [0, 0.05) is 22.2 Å². The largest absolute Gasteiger partial charge is 0.351 e. The average molecular weight is 617 g/mol. The van der Waals surface area contributed by atoms with E-state index in [0.29, 0.717) is 33.0 Å². The van der Waals surface area contributed by atoms with Crippen molar-refractivity contribution in [3.63, 3.8) is 0 Å². The molecule has 4 nitrogen and oxygen atoms in total. The molecule has 0 fully saturated rings. The number of nitrogens with zero attached hydrogens (tertiary/aromatic N) is 2. The molecule has 7 heteroatoms. The monoisotopic (exact) mass is 615 g/mol. The Bertz CT molecular complexity index is 1220. The van der Waals surface area contributed by atoms with Crippen molar-refractivity contribution in [1.29, 1.82) is 0 Å². The number of nitrogens with one attached hydrogen (secondary N) is 1. The quantitative estimate of drug-likeness (QED) is 0.108. The lowest BCUT2D eigenvalue weighted by molar-refractivity contribution is 0.0947. The van der Waals surface area contributed by atoms with Crippen LogP contribution in [0.1, 0.15) is 107 Å². The van der Waals surface area contributed by atoms with Crippen LogP contribution in [0, 0.1) is 0 Å². The lowest BCUT2D eigenvalue weighted by Crippen LogP contribution is -2.25. The molecule has 1 amide bonds. The number of aromatic nitrogens is 2. The van der Waals surface area contributed by atoms with E-state index in [1.165, 1.54) is 77.0 Å². The summed E-state index contributed by atoms with van der Waals surface area (Å²) in [6, 6.07) is 14.4. The van der Waals surface area contributed by atoms with Crippen LogP contribution in [0.15, 0.2) is 60.7 Å². The van der Waals surface area contributed by atoms with E-state index in [1.54, 1.807) is 28.9 Å². The number of carbonyl (C=O) groups excluding carboxylic acids is 1. The molecule has 0 saturated heterocycles. The lowest BCUT2D eigenvalue weighted by Gasteiger charge is -2.10. The van der Waals surface area contributed by atoms with Crippen molar-refractivity contribution < 1.29 is 4.79 Å². The van der Waals surface area contributed by atoms with Gasteiger partial charge in [0.05, 0.1) is 16.4 Å². The number of hydrogen-bond acceptors (Lipinski definition) is 2. The minimum absolute atomic E-state index is 0.197. The minimum Gasteiger partial charge on any atom is -0.351 e. The lowest BCUT2D eigenvalue weighted by atomic mass is 10.1. The van der Waals surface area contributed by atoms with E-state index < -0.39 is 0 Å². The first kappa shape index (κ1) is 33.2. The van der Waals surface area contributed by atoms with Gasteiger partial charge in [0.1, 0.15) is 0 Å². The third-order valence-electron chi connectivity index (χ3n) is 7.19. The molecular weight excluding hydrogens is 573 g/mol. The van der Waals surface area contributed by atoms with Gasteiger partial charge in [-0.2, -0.15) is 5.10 Å². The molecule has 0 radical (unpaired) electrons. The van der Waals surface area contributed by atoms with Crippen molar-refractivity contribution in [3.05, 3.63) is 81.4 Å². The maximum absolute atomic E-state index is 13.0. The van der Waals surface area contributed by atoms with Gasteiger partial charge < -0.3 is 5.32 Å². The highest BCUT2D eigenvalue weighted by atomic mass is 35.5. The summed E-state index contributed by atoms with van der Waals surface area (Å²) in [5.41, 5.74) is 2.60. The summed E-state index contributed by atoms with van der Waals surface area (Å²) in [5, 5.41) is 9.25. The first-order valence-corrected chi connectivity index (χ1v) is 16.4. The van der Waals surface area contributed by atoms with Crippen LogP contribution in [-0.4, -0.2) is 22.2 Å². The molecule has 1 heterocycles. The summed E-state index contributed by atoms with van der Waals surface area (Å²) in [6.07, 6.45) is 22.4. The predicted molar refractivity (Wildman–Crippen MR) is 176 cm³/mol. The zero-order chi connectivity index (χ0) is 29.3. The van der Waals surface area contributed by atoms with E-state index in [4.69, 9.17) is 34.8 Å². The van der Waals surface area contributed by atoms with Gasteiger partial charge in [-0.05, 0) is 68.5 Å². The maximum atomic E-state index is 13.0. The molecule has 0 unspecified atom stereocenters. The molecule has 41 heavy (non-hydrogen) atoms. The van der Waals surface area contributed by atoms with Crippen molar-refractivity contribution in [1.82, 2.24) is 15.1 Å². The summed E-state index contributed by atoms with van der Waals surface area (Å²) in [7, 11) is 0. The first-order chi connectivity index (χ1) is 20.0. The molecule has 1 N–H and O–H groups in total. The highest BCUT2D eigenvalue weighted by Crippen LogP contribution is 2.30. The molecule has 2 aromatic carbocycles. The number of benzene rings is 2. The number of amides is 1. The van der Waals surface area contributed by atoms with Gasteiger partial charge in [-0.15, -0.1) is 0 Å². The number of halogens is 3. The van der Waals surface area contributed by atoms with Crippen molar-refractivity contribution in [2.45, 2.75) is 96.8 Å². The van der Waals surface area contributed by atoms with Crippen molar-refractivity contribution in [3.8, 4) is 16.9 Å². The van der Waals surface area contributed by atoms with Crippen LogP contribution in [0.5, 0.6) is 0 Å². The van der Waals surface area contributed by atoms with Gasteiger partial charge >= 0.3 is 0 Å². The van der Waals surface area contributed by atoms with Gasteiger partial charge in [0.2, 0.25) is 0 Å². The molecule has 0 aliphatic carbocycles. The topological polar surface area (TPSA) is 46.9 Å². The maximum Gasteiger partial charge on any atom is 0.271 e. The van der Waals surface area contributed by atoms with Crippen LogP contribution in [-0.2, 0) is 0 Å². The van der Waals surface area contributed by atoms with Gasteiger partial charge in [-0.25, -0.2) is 4.68 Å². The summed E-state index contributed by atoms with van der Waals surface area (Å²) < 4.78 is 1.68. The second-order valence-electron chi connectivity index (χ2n) is 10.6. The number of carbonyl (C=O) groups is 1. The number of rotatable bonds is 19. The standard InChI is InChI=1S/C34H44Cl3N3O/c1-2-3-4-5-6-7-8-9-10-11-12-13-14-15-16-17-24-38-34(41)31-26-33(27-18-20-28(35)21-19-27)40(39-31)32-23-22-29(36)25-30(32)37/h9-10,18-23,25-26H,2-8,11-17,24H2,1H3,(H,38,41)/b10-9-. The van der Waals surface area contributed by atoms with E-state index in [0.717, 1.165) is 24.1 Å². The molecule has 3 rings (SSSR count). The zero-order valence-electron chi connectivity index (χ0n) is 24.3. The Balaban J connectivity index is 1.37. The second kappa shape index (κ2) is 19.0. The fourth-order valence-corrected chi connectivity index (χ4v) is 5.43. The van der Waals surface area contributed by atoms with Gasteiger partial charge in [0.25, 0.3) is 5.91 Å². The molecule has 3 aromatic rings. The van der Waals surface area contributed by atoms with Crippen molar-refractivity contribution in [2.24, 2.45) is 0 Å². The summed E-state index contributed by atoms with van der Waals surface area (Å²) in [5.74, 6) is -0.197. The molecule has 0 spiro atoms. The van der Waals surface area contributed by atoms with Gasteiger partial charge in [-0.1, -0.05) is 124 Å². The highest BCUT2D eigenvalue weighted by molar-refractivity contribution is 6.35. The fraction of sp³-hybridized carbons (Fsp3) is 0.471. The Labute approximate surface area is 261 Å². The summed E-state index contributed by atoms with van der Waals surface area (Å²) in [4.78, 5) is 13.0. The first-order valence-electron chi connectivity index (χ1n) is 15.2. The molecule has 0 bridgehead atoms.